The van der Waals surface area contributed by atoms with Crippen LogP contribution in [0, 0.1) is 11.6 Å². The lowest BCUT2D eigenvalue weighted by Gasteiger charge is -2.01. The minimum absolute atomic E-state index is 0.0581. The van der Waals surface area contributed by atoms with E-state index in [4.69, 9.17) is 0 Å². The summed E-state index contributed by atoms with van der Waals surface area (Å²) in [5, 5.41) is 1.85. The van der Waals surface area contributed by atoms with Gasteiger partial charge in [0.1, 0.15) is 11.6 Å². The van der Waals surface area contributed by atoms with E-state index in [1.165, 1.54) is 11.3 Å². The molecule has 0 saturated heterocycles. The van der Waals surface area contributed by atoms with Gasteiger partial charge in [-0.15, -0.1) is 11.3 Å². The van der Waals surface area contributed by atoms with Gasteiger partial charge < -0.3 is 0 Å². The molecule has 0 amide bonds. The summed E-state index contributed by atoms with van der Waals surface area (Å²) in [6.45, 7) is 0. The van der Waals surface area contributed by atoms with Crippen LogP contribution in [0.5, 0.6) is 0 Å². The van der Waals surface area contributed by atoms with Crippen molar-refractivity contribution < 1.29 is 13.6 Å². The van der Waals surface area contributed by atoms with Gasteiger partial charge in [-0.25, -0.2) is 8.78 Å². The largest absolute Gasteiger partial charge is 0.294 e. The number of ketones is 1. The second-order valence-corrected chi connectivity index (χ2v) is 5.30. The van der Waals surface area contributed by atoms with E-state index in [1.807, 2.05) is 11.4 Å². The zero-order chi connectivity index (χ0) is 12.4. The molecule has 0 aliphatic carbocycles. The van der Waals surface area contributed by atoms with Gasteiger partial charge in [-0.1, -0.05) is 0 Å². The summed E-state index contributed by atoms with van der Waals surface area (Å²) in [6.07, 6.45) is 0.140. The van der Waals surface area contributed by atoms with E-state index < -0.39 is 11.6 Å². The highest BCUT2D eigenvalue weighted by molar-refractivity contribution is 9.10. The second-order valence-electron chi connectivity index (χ2n) is 3.45. The summed E-state index contributed by atoms with van der Waals surface area (Å²) in [7, 11) is 0. The number of benzene rings is 1. The SMILES string of the molecule is O=C(Cc1sccc1Br)c1cc(F)cc(F)c1. The lowest BCUT2D eigenvalue weighted by Crippen LogP contribution is -2.03. The van der Waals surface area contributed by atoms with Crippen molar-refractivity contribution in [3.05, 3.63) is 56.2 Å². The highest BCUT2D eigenvalue weighted by atomic mass is 79.9. The Bertz CT molecular complexity index is 545. The number of rotatable bonds is 3. The minimum atomic E-state index is -0.737. The van der Waals surface area contributed by atoms with Gasteiger partial charge in [0.2, 0.25) is 0 Å². The fourth-order valence-corrected chi connectivity index (χ4v) is 2.91. The summed E-state index contributed by atoms with van der Waals surface area (Å²) in [5.41, 5.74) is 0.0581. The molecule has 0 fully saturated rings. The van der Waals surface area contributed by atoms with E-state index in [0.717, 1.165) is 27.5 Å². The van der Waals surface area contributed by atoms with Crippen molar-refractivity contribution in [2.75, 3.05) is 0 Å². The van der Waals surface area contributed by atoms with Crippen molar-refractivity contribution in [3.63, 3.8) is 0 Å². The van der Waals surface area contributed by atoms with Gasteiger partial charge in [0.05, 0.1) is 0 Å². The molecule has 2 aromatic rings. The maximum Gasteiger partial charge on any atom is 0.168 e. The maximum atomic E-state index is 12.9. The quantitative estimate of drug-likeness (QED) is 0.775. The lowest BCUT2D eigenvalue weighted by atomic mass is 10.1. The predicted octanol–water partition coefficient (Wildman–Crippen LogP) is 4.21. The number of carbonyl (C=O) groups excluding carboxylic acids is 1. The number of hydrogen-bond donors (Lipinski definition) is 0. The Hall–Kier alpha value is -1.07. The van der Waals surface area contributed by atoms with Crippen molar-refractivity contribution in [2.24, 2.45) is 0 Å². The molecule has 0 bridgehead atoms. The fraction of sp³-hybridized carbons (Fsp3) is 0.0833. The maximum absolute atomic E-state index is 12.9. The van der Waals surface area contributed by atoms with Crippen LogP contribution >= 0.6 is 27.3 Å². The molecule has 17 heavy (non-hydrogen) atoms. The van der Waals surface area contributed by atoms with Gasteiger partial charge in [-0.3, -0.25) is 4.79 Å². The number of hydrogen-bond acceptors (Lipinski definition) is 2. The number of Topliss-reactive ketones (excluding diaryl/α,β-unsaturated/α-hetero) is 1. The Morgan fingerprint density at radius 3 is 2.41 bits per heavy atom. The van der Waals surface area contributed by atoms with E-state index in [9.17, 15) is 13.6 Å². The highest BCUT2D eigenvalue weighted by Gasteiger charge is 2.12. The van der Waals surface area contributed by atoms with Crippen LogP contribution in [0.1, 0.15) is 15.2 Å². The van der Waals surface area contributed by atoms with Crippen molar-refractivity contribution in [2.45, 2.75) is 6.42 Å². The molecular formula is C12H7BrF2OS. The first kappa shape index (κ1) is 12.4. The predicted molar refractivity (Wildman–Crippen MR) is 66.4 cm³/mol. The molecule has 0 unspecified atom stereocenters. The molecule has 1 aromatic heterocycles. The van der Waals surface area contributed by atoms with Crippen LogP contribution in [0.4, 0.5) is 8.78 Å². The average Bonchev–Trinajstić information content (AvgIpc) is 2.63. The monoisotopic (exact) mass is 316 g/mol. The summed E-state index contributed by atoms with van der Waals surface area (Å²) < 4.78 is 26.7. The Balaban J connectivity index is 2.23. The molecule has 0 aliphatic heterocycles. The second kappa shape index (κ2) is 5.06. The number of halogens is 3. The van der Waals surface area contributed by atoms with E-state index in [1.54, 1.807) is 0 Å². The average molecular weight is 317 g/mol. The molecule has 88 valence electrons. The fourth-order valence-electron chi connectivity index (χ4n) is 1.41. The normalized spacial score (nSPS) is 10.5. The van der Waals surface area contributed by atoms with Crippen molar-refractivity contribution >= 4 is 33.0 Å². The summed E-state index contributed by atoms with van der Waals surface area (Å²) in [4.78, 5) is 12.7. The molecule has 0 aliphatic rings. The highest BCUT2D eigenvalue weighted by Crippen LogP contribution is 2.24. The Kier molecular flexibility index (Phi) is 3.69. The molecule has 1 aromatic carbocycles. The van der Waals surface area contributed by atoms with Crippen LogP contribution in [0.15, 0.2) is 34.1 Å². The first-order chi connectivity index (χ1) is 8.06. The van der Waals surface area contributed by atoms with Crippen LogP contribution in [0.25, 0.3) is 0 Å². The Labute approximate surface area is 109 Å². The van der Waals surface area contributed by atoms with Crippen molar-refractivity contribution in [1.29, 1.82) is 0 Å². The minimum Gasteiger partial charge on any atom is -0.294 e. The van der Waals surface area contributed by atoms with E-state index in [0.29, 0.717) is 0 Å². The van der Waals surface area contributed by atoms with Crippen LogP contribution in [-0.4, -0.2) is 5.78 Å². The summed E-state index contributed by atoms with van der Waals surface area (Å²) in [6, 6.07) is 4.68. The van der Waals surface area contributed by atoms with E-state index in [-0.39, 0.29) is 17.8 Å². The summed E-state index contributed by atoms with van der Waals surface area (Å²) in [5.74, 6) is -1.77. The molecule has 1 heterocycles. The van der Waals surface area contributed by atoms with Crippen LogP contribution in [0.2, 0.25) is 0 Å². The third kappa shape index (κ3) is 2.98. The van der Waals surface area contributed by atoms with Crippen LogP contribution in [0.3, 0.4) is 0 Å². The van der Waals surface area contributed by atoms with Gasteiger partial charge in [-0.2, -0.15) is 0 Å². The number of thiophene rings is 1. The van der Waals surface area contributed by atoms with Crippen LogP contribution < -0.4 is 0 Å². The molecule has 1 nitrogen and oxygen atoms in total. The molecule has 0 atom stereocenters. The van der Waals surface area contributed by atoms with Gasteiger partial charge >= 0.3 is 0 Å². The van der Waals surface area contributed by atoms with E-state index in [2.05, 4.69) is 15.9 Å². The molecule has 5 heteroatoms. The topological polar surface area (TPSA) is 17.1 Å². The summed E-state index contributed by atoms with van der Waals surface area (Å²) >= 11 is 4.73. The molecule has 0 saturated carbocycles. The first-order valence-electron chi connectivity index (χ1n) is 4.77. The smallest absolute Gasteiger partial charge is 0.168 e. The molecule has 0 spiro atoms. The van der Waals surface area contributed by atoms with Crippen LogP contribution in [-0.2, 0) is 6.42 Å². The van der Waals surface area contributed by atoms with Gasteiger partial charge in [0.15, 0.2) is 5.78 Å². The number of carbonyl (C=O) groups is 1. The zero-order valence-electron chi connectivity index (χ0n) is 8.54. The third-order valence-corrected chi connectivity index (χ3v) is 4.12. The Morgan fingerprint density at radius 1 is 1.24 bits per heavy atom. The van der Waals surface area contributed by atoms with Gasteiger partial charge in [0, 0.05) is 27.4 Å². The third-order valence-electron chi connectivity index (χ3n) is 2.20. The standard InChI is InChI=1S/C12H7BrF2OS/c13-10-1-2-17-12(10)6-11(16)7-3-8(14)5-9(15)4-7/h1-5H,6H2. The molecule has 0 N–H and O–H groups in total. The lowest BCUT2D eigenvalue weighted by molar-refractivity contribution is 0.0992. The molecular weight excluding hydrogens is 310 g/mol. The first-order valence-corrected chi connectivity index (χ1v) is 6.44. The molecule has 2 rings (SSSR count). The Morgan fingerprint density at radius 2 is 1.88 bits per heavy atom. The van der Waals surface area contributed by atoms with Crippen molar-refractivity contribution in [1.82, 2.24) is 0 Å². The zero-order valence-corrected chi connectivity index (χ0v) is 10.9. The van der Waals surface area contributed by atoms with Gasteiger partial charge in [0.25, 0.3) is 0 Å². The molecule has 0 radical (unpaired) electrons. The van der Waals surface area contributed by atoms with Crippen molar-refractivity contribution in [3.8, 4) is 0 Å². The van der Waals surface area contributed by atoms with E-state index >= 15 is 0 Å². The van der Waals surface area contributed by atoms with Gasteiger partial charge in [-0.05, 0) is 39.5 Å².